The maximum atomic E-state index is 14.1. The lowest BCUT2D eigenvalue weighted by molar-refractivity contribution is 0.0471. The molecule has 0 bridgehead atoms. The molecule has 1 aromatic heterocycles. The summed E-state index contributed by atoms with van der Waals surface area (Å²) in [4.78, 5) is 12.7. The van der Waals surface area contributed by atoms with Gasteiger partial charge in [0.2, 0.25) is 0 Å². The van der Waals surface area contributed by atoms with E-state index in [0.29, 0.717) is 15.6 Å². The van der Waals surface area contributed by atoms with Gasteiger partial charge in [-0.2, -0.15) is 0 Å². The molecule has 1 heterocycles. The lowest BCUT2D eigenvalue weighted by Gasteiger charge is -2.06. The number of benzene rings is 2. The van der Waals surface area contributed by atoms with Crippen molar-refractivity contribution in [2.24, 2.45) is 0 Å². The van der Waals surface area contributed by atoms with Crippen LogP contribution in [-0.2, 0) is 22.7 Å². The van der Waals surface area contributed by atoms with Gasteiger partial charge >= 0.3 is 5.97 Å². The van der Waals surface area contributed by atoms with E-state index in [4.69, 9.17) is 9.47 Å². The van der Waals surface area contributed by atoms with Gasteiger partial charge in [-0.25, -0.2) is 13.6 Å². The first kappa shape index (κ1) is 16.5. The molecule has 3 aromatic rings. The van der Waals surface area contributed by atoms with Crippen molar-refractivity contribution in [3.8, 4) is 0 Å². The zero-order valence-corrected chi connectivity index (χ0v) is 13.7. The van der Waals surface area contributed by atoms with Gasteiger partial charge in [-0.05, 0) is 18.2 Å². The molecule has 6 heteroatoms. The normalized spacial score (nSPS) is 11.0. The summed E-state index contributed by atoms with van der Waals surface area (Å²) in [5.41, 5.74) is 0.737. The van der Waals surface area contributed by atoms with Crippen molar-refractivity contribution in [3.05, 3.63) is 70.1 Å². The molecule has 0 aliphatic carbocycles. The van der Waals surface area contributed by atoms with E-state index < -0.39 is 17.6 Å². The first-order valence-corrected chi connectivity index (χ1v) is 8.03. The summed E-state index contributed by atoms with van der Waals surface area (Å²) in [6, 6.07) is 10.7. The minimum absolute atomic E-state index is 0.0884. The van der Waals surface area contributed by atoms with Crippen molar-refractivity contribution < 1.29 is 23.0 Å². The monoisotopic (exact) mass is 348 g/mol. The molecule has 0 unspecified atom stereocenters. The van der Waals surface area contributed by atoms with E-state index >= 15 is 0 Å². The van der Waals surface area contributed by atoms with Crippen LogP contribution in [0.4, 0.5) is 8.78 Å². The highest BCUT2D eigenvalue weighted by molar-refractivity contribution is 7.21. The fourth-order valence-corrected chi connectivity index (χ4v) is 3.55. The van der Waals surface area contributed by atoms with Crippen LogP contribution in [0, 0.1) is 11.6 Å². The van der Waals surface area contributed by atoms with Crippen molar-refractivity contribution in [2.45, 2.75) is 13.2 Å². The van der Waals surface area contributed by atoms with Crippen molar-refractivity contribution in [2.75, 3.05) is 7.11 Å². The average Bonchev–Trinajstić information content (AvgIpc) is 2.94. The maximum Gasteiger partial charge on any atom is 0.349 e. The third-order valence-corrected chi connectivity index (χ3v) is 4.73. The molecule has 0 N–H and O–H groups in total. The Balaban J connectivity index is 1.90. The van der Waals surface area contributed by atoms with Crippen molar-refractivity contribution in [3.63, 3.8) is 0 Å². The highest BCUT2D eigenvalue weighted by Crippen LogP contribution is 2.34. The maximum absolute atomic E-state index is 14.1. The number of fused-ring (bicyclic) bond motifs is 1. The minimum atomic E-state index is -0.620. The van der Waals surface area contributed by atoms with Crippen molar-refractivity contribution in [1.29, 1.82) is 0 Å². The average molecular weight is 348 g/mol. The molecule has 24 heavy (non-hydrogen) atoms. The molecule has 3 rings (SSSR count). The Morgan fingerprint density at radius 3 is 2.54 bits per heavy atom. The van der Waals surface area contributed by atoms with E-state index in [1.807, 2.05) is 0 Å². The number of carbonyl (C=O) groups excluding carboxylic acids is 1. The summed E-state index contributed by atoms with van der Waals surface area (Å²) in [6.07, 6.45) is 0. The second-order valence-corrected chi connectivity index (χ2v) is 6.18. The van der Waals surface area contributed by atoms with Crippen LogP contribution in [0.15, 0.2) is 42.5 Å². The Morgan fingerprint density at radius 2 is 1.79 bits per heavy atom. The molecule has 0 radical (unpaired) electrons. The van der Waals surface area contributed by atoms with Crippen LogP contribution in [0.2, 0.25) is 0 Å². The second kappa shape index (κ2) is 7.07. The van der Waals surface area contributed by atoms with Gasteiger partial charge in [0.1, 0.15) is 23.1 Å². The Labute approximate surface area is 141 Å². The summed E-state index contributed by atoms with van der Waals surface area (Å²) < 4.78 is 38.6. The number of hydrogen-bond acceptors (Lipinski definition) is 4. The molecule has 3 nitrogen and oxygen atoms in total. The molecule has 124 valence electrons. The van der Waals surface area contributed by atoms with E-state index in [-0.39, 0.29) is 23.7 Å². The number of hydrogen-bond donors (Lipinski definition) is 0. The molecule has 0 spiro atoms. The Bertz CT molecular complexity index is 889. The molecule has 0 saturated carbocycles. The highest BCUT2D eigenvalue weighted by atomic mass is 32.1. The summed E-state index contributed by atoms with van der Waals surface area (Å²) >= 11 is 1.14. The van der Waals surface area contributed by atoms with Crippen LogP contribution in [0.25, 0.3) is 10.1 Å². The molecular formula is C18H14F2O3S. The van der Waals surface area contributed by atoms with Crippen LogP contribution in [-0.4, -0.2) is 13.1 Å². The van der Waals surface area contributed by atoms with Crippen molar-refractivity contribution >= 4 is 27.4 Å². The number of thiophene rings is 1. The Morgan fingerprint density at radius 1 is 1.04 bits per heavy atom. The highest BCUT2D eigenvalue weighted by Gasteiger charge is 2.22. The van der Waals surface area contributed by atoms with E-state index in [2.05, 4.69) is 0 Å². The number of esters is 1. The predicted octanol–water partition coefficient (Wildman–Crippen LogP) is 4.68. The number of halogens is 2. The molecule has 0 atom stereocenters. The van der Waals surface area contributed by atoms with Gasteiger partial charge in [-0.3, -0.25) is 0 Å². The molecule has 0 fully saturated rings. The van der Waals surface area contributed by atoms with E-state index in [0.717, 1.165) is 11.3 Å². The van der Waals surface area contributed by atoms with Gasteiger partial charge in [0.05, 0.1) is 6.61 Å². The number of methoxy groups -OCH3 is 1. The fraction of sp³-hybridized carbons (Fsp3) is 0.167. The van der Waals surface area contributed by atoms with E-state index in [1.165, 1.54) is 19.2 Å². The fourth-order valence-electron chi connectivity index (χ4n) is 2.44. The summed E-state index contributed by atoms with van der Waals surface area (Å²) in [5, 5.41) is 0.363. The molecular weight excluding hydrogens is 334 g/mol. The summed E-state index contributed by atoms with van der Waals surface area (Å²) in [6.45, 7) is -0.0975. The largest absolute Gasteiger partial charge is 0.457 e. The predicted molar refractivity (Wildman–Crippen MR) is 88.0 cm³/mol. The van der Waals surface area contributed by atoms with Gasteiger partial charge in [-0.15, -0.1) is 11.3 Å². The minimum Gasteiger partial charge on any atom is -0.457 e. The van der Waals surface area contributed by atoms with Crippen LogP contribution in [0.5, 0.6) is 0 Å². The second-order valence-electron chi connectivity index (χ2n) is 5.12. The van der Waals surface area contributed by atoms with Crippen LogP contribution >= 0.6 is 11.3 Å². The molecule has 2 aromatic carbocycles. The zero-order valence-electron chi connectivity index (χ0n) is 12.8. The van der Waals surface area contributed by atoms with Gasteiger partial charge in [0.15, 0.2) is 0 Å². The Hall–Kier alpha value is -2.31. The zero-order chi connectivity index (χ0) is 17.1. The van der Waals surface area contributed by atoms with Crippen LogP contribution in [0.3, 0.4) is 0 Å². The third-order valence-electron chi connectivity index (χ3n) is 3.55. The summed E-state index contributed by atoms with van der Waals surface area (Å²) in [7, 11) is 1.47. The van der Waals surface area contributed by atoms with Crippen LogP contribution < -0.4 is 0 Å². The lowest BCUT2D eigenvalue weighted by Crippen LogP contribution is -2.07. The van der Waals surface area contributed by atoms with Gasteiger partial charge in [0.25, 0.3) is 0 Å². The Kier molecular flexibility index (Phi) is 4.87. The van der Waals surface area contributed by atoms with Gasteiger partial charge in [0, 0.05) is 28.3 Å². The van der Waals surface area contributed by atoms with Crippen LogP contribution in [0.1, 0.15) is 20.8 Å². The molecule has 0 amide bonds. The topological polar surface area (TPSA) is 35.5 Å². The van der Waals surface area contributed by atoms with E-state index in [9.17, 15) is 13.6 Å². The number of carbonyl (C=O) groups is 1. The molecule has 0 saturated heterocycles. The standard InChI is InChI=1S/C18H14F2O3S/c1-22-10-12-16-14(20)7-4-8-15(16)24-17(12)18(21)23-9-11-5-2-3-6-13(11)19/h2-8H,9-10H2,1H3. The van der Waals surface area contributed by atoms with Crippen molar-refractivity contribution in [1.82, 2.24) is 0 Å². The smallest absolute Gasteiger partial charge is 0.349 e. The first-order valence-electron chi connectivity index (χ1n) is 7.21. The molecule has 0 aliphatic rings. The molecule has 0 aliphatic heterocycles. The van der Waals surface area contributed by atoms with Gasteiger partial charge in [-0.1, -0.05) is 24.3 Å². The first-order chi connectivity index (χ1) is 11.6. The SMILES string of the molecule is COCc1c(C(=O)OCc2ccccc2F)sc2cccc(F)c12. The van der Waals surface area contributed by atoms with E-state index in [1.54, 1.807) is 30.3 Å². The summed E-state index contributed by atoms with van der Waals surface area (Å²) in [5.74, 6) is -1.47. The third kappa shape index (κ3) is 3.16. The van der Waals surface area contributed by atoms with Gasteiger partial charge < -0.3 is 9.47 Å². The lowest BCUT2D eigenvalue weighted by atomic mass is 10.1. The number of rotatable bonds is 5. The quantitative estimate of drug-likeness (QED) is 0.628. The number of ether oxygens (including phenoxy) is 2.